The highest BCUT2D eigenvalue weighted by Crippen LogP contribution is 2.25. The van der Waals surface area contributed by atoms with Gasteiger partial charge in [0.15, 0.2) is 10.9 Å². The number of amides is 1. The number of aryl methyl sites for hydroxylation is 3. The molecule has 0 fully saturated rings. The average molecular weight is 461 g/mol. The molecule has 1 amide bonds. The van der Waals surface area contributed by atoms with Crippen LogP contribution in [0.4, 0.5) is 5.69 Å². The van der Waals surface area contributed by atoms with E-state index in [0.717, 1.165) is 34.1 Å². The van der Waals surface area contributed by atoms with Crippen molar-refractivity contribution in [1.29, 1.82) is 0 Å². The lowest BCUT2D eigenvalue weighted by Crippen LogP contribution is -2.16. The molecule has 0 aliphatic rings. The predicted molar refractivity (Wildman–Crippen MR) is 128 cm³/mol. The number of benzene rings is 2. The van der Waals surface area contributed by atoms with Gasteiger partial charge in [0.25, 0.3) is 5.91 Å². The maximum Gasteiger partial charge on any atom is 0.278 e. The van der Waals surface area contributed by atoms with Crippen molar-refractivity contribution in [3.8, 4) is 11.4 Å². The van der Waals surface area contributed by atoms with Gasteiger partial charge in [-0.15, -0.1) is 5.10 Å². The van der Waals surface area contributed by atoms with Crippen molar-refractivity contribution in [2.24, 2.45) is 0 Å². The van der Waals surface area contributed by atoms with Gasteiger partial charge in [-0.05, 0) is 62.7 Å². The van der Waals surface area contributed by atoms with E-state index in [4.69, 9.17) is 4.74 Å². The van der Waals surface area contributed by atoms with Gasteiger partial charge in [-0.25, -0.2) is 14.6 Å². The van der Waals surface area contributed by atoms with Gasteiger partial charge < -0.3 is 10.1 Å². The molecule has 8 nitrogen and oxygen atoms in total. The zero-order chi connectivity index (χ0) is 23.4. The zero-order valence-electron chi connectivity index (χ0n) is 18.9. The lowest BCUT2D eigenvalue weighted by molar-refractivity contribution is 0.102. The number of nitrogens with one attached hydrogen (secondary N) is 1. The van der Waals surface area contributed by atoms with Crippen LogP contribution in [0, 0.1) is 20.8 Å². The Labute approximate surface area is 196 Å². The molecule has 4 aromatic rings. The number of carbonyl (C=O) groups is 1. The molecule has 0 saturated heterocycles. The molecule has 1 N–H and O–H groups in total. The minimum Gasteiger partial charge on any atom is -0.497 e. The topological polar surface area (TPSA) is 94.8 Å². The Balaban J connectivity index is 1.68. The van der Waals surface area contributed by atoms with Crippen LogP contribution in [0.1, 0.15) is 33.1 Å². The minimum absolute atomic E-state index is 0.256. The fraction of sp³-hybridized carbons (Fsp3) is 0.208. The second kappa shape index (κ2) is 9.83. The van der Waals surface area contributed by atoms with Crippen LogP contribution in [0.25, 0.3) is 5.69 Å². The number of methoxy groups -OCH3 is 1. The summed E-state index contributed by atoms with van der Waals surface area (Å²) in [5.74, 6) is 0.829. The lowest BCUT2D eigenvalue weighted by atomic mass is 10.2. The molecule has 2 aromatic heterocycles. The number of ether oxygens (including phenoxy) is 1. The second-order valence-corrected chi connectivity index (χ2v) is 8.43. The number of aromatic nitrogens is 5. The monoisotopic (exact) mass is 460 g/mol. The number of thioether (sulfide) groups is 1. The van der Waals surface area contributed by atoms with E-state index in [1.54, 1.807) is 11.8 Å². The SMILES string of the molecule is COc1ccc(-n2nnc(C(=O)Nc3ccccc3C)c2CSc2nc(C)cc(C)n2)cc1. The number of carbonyl (C=O) groups excluding carboxylic acids is 1. The van der Waals surface area contributed by atoms with E-state index >= 15 is 0 Å². The summed E-state index contributed by atoms with van der Waals surface area (Å²) in [4.78, 5) is 22.2. The summed E-state index contributed by atoms with van der Waals surface area (Å²) >= 11 is 1.44. The molecule has 0 radical (unpaired) electrons. The fourth-order valence-corrected chi connectivity index (χ4v) is 4.27. The summed E-state index contributed by atoms with van der Waals surface area (Å²) in [7, 11) is 1.62. The van der Waals surface area contributed by atoms with Crippen molar-refractivity contribution >= 4 is 23.4 Å². The molecule has 9 heteroatoms. The Morgan fingerprint density at radius 1 is 1.03 bits per heavy atom. The summed E-state index contributed by atoms with van der Waals surface area (Å²) in [5.41, 5.74) is 5.17. The number of hydrogen-bond donors (Lipinski definition) is 1. The highest BCUT2D eigenvalue weighted by atomic mass is 32.2. The number of hydrogen-bond acceptors (Lipinski definition) is 7. The summed E-state index contributed by atoms with van der Waals surface area (Å²) in [6, 6.07) is 17.0. The normalized spacial score (nSPS) is 10.8. The van der Waals surface area contributed by atoms with E-state index in [2.05, 4.69) is 25.6 Å². The third-order valence-electron chi connectivity index (χ3n) is 4.99. The molecule has 0 spiro atoms. The molecule has 4 rings (SSSR count). The largest absolute Gasteiger partial charge is 0.497 e. The van der Waals surface area contributed by atoms with E-state index in [0.29, 0.717) is 16.6 Å². The third-order valence-corrected chi connectivity index (χ3v) is 5.85. The van der Waals surface area contributed by atoms with Crippen molar-refractivity contribution in [3.63, 3.8) is 0 Å². The van der Waals surface area contributed by atoms with E-state index in [-0.39, 0.29) is 11.6 Å². The Bertz CT molecular complexity index is 1270. The number of anilines is 1. The lowest BCUT2D eigenvalue weighted by Gasteiger charge is -2.10. The van der Waals surface area contributed by atoms with Crippen molar-refractivity contribution in [2.75, 3.05) is 12.4 Å². The van der Waals surface area contributed by atoms with E-state index in [1.165, 1.54) is 11.8 Å². The molecule has 2 heterocycles. The van der Waals surface area contributed by atoms with Gasteiger partial charge in [-0.1, -0.05) is 35.2 Å². The molecule has 0 atom stereocenters. The Morgan fingerprint density at radius 2 is 1.73 bits per heavy atom. The maximum atomic E-state index is 13.2. The van der Waals surface area contributed by atoms with Crippen LogP contribution in [0.2, 0.25) is 0 Å². The van der Waals surface area contributed by atoms with Crippen LogP contribution in [-0.2, 0) is 5.75 Å². The van der Waals surface area contributed by atoms with E-state index in [1.807, 2.05) is 75.4 Å². The quantitative estimate of drug-likeness (QED) is 0.320. The number of rotatable bonds is 7. The van der Waals surface area contributed by atoms with Gasteiger partial charge in [0.2, 0.25) is 0 Å². The van der Waals surface area contributed by atoms with Gasteiger partial charge in [-0.2, -0.15) is 0 Å². The molecule has 0 saturated carbocycles. The standard InChI is InChI=1S/C24H24N6O2S/c1-15-7-5-6-8-20(15)27-23(31)22-21(14-33-24-25-16(2)13-17(3)26-24)30(29-28-22)18-9-11-19(32-4)12-10-18/h5-13H,14H2,1-4H3,(H,27,31). The van der Waals surface area contributed by atoms with E-state index < -0.39 is 0 Å². The Hall–Kier alpha value is -3.72. The van der Waals surface area contributed by atoms with Crippen LogP contribution < -0.4 is 10.1 Å². The molecule has 0 aliphatic heterocycles. The van der Waals surface area contributed by atoms with Crippen LogP contribution in [-0.4, -0.2) is 38.0 Å². The molecular formula is C24H24N6O2S. The van der Waals surface area contributed by atoms with Gasteiger partial charge >= 0.3 is 0 Å². The van der Waals surface area contributed by atoms with E-state index in [9.17, 15) is 4.79 Å². The van der Waals surface area contributed by atoms with Crippen LogP contribution in [0.15, 0.2) is 59.8 Å². The Kier molecular flexibility index (Phi) is 6.69. The summed E-state index contributed by atoms with van der Waals surface area (Å²) in [5, 5.41) is 12.1. The molecule has 2 aromatic carbocycles. The fourth-order valence-electron chi connectivity index (χ4n) is 3.32. The predicted octanol–water partition coefficient (Wildman–Crippen LogP) is 4.54. The molecule has 0 unspecified atom stereocenters. The second-order valence-electron chi connectivity index (χ2n) is 7.49. The third kappa shape index (κ3) is 5.20. The molecule has 0 bridgehead atoms. The first-order valence-electron chi connectivity index (χ1n) is 10.4. The first kappa shape index (κ1) is 22.5. The maximum absolute atomic E-state index is 13.2. The minimum atomic E-state index is -0.319. The summed E-state index contributed by atoms with van der Waals surface area (Å²) in [6.45, 7) is 5.81. The van der Waals surface area contributed by atoms with Crippen molar-refractivity contribution in [2.45, 2.75) is 31.7 Å². The van der Waals surface area contributed by atoms with Gasteiger partial charge in [0.05, 0.1) is 18.5 Å². The smallest absolute Gasteiger partial charge is 0.278 e. The Morgan fingerprint density at radius 3 is 2.39 bits per heavy atom. The summed E-state index contributed by atoms with van der Waals surface area (Å²) < 4.78 is 6.92. The van der Waals surface area contributed by atoms with Crippen molar-refractivity contribution in [3.05, 3.63) is 82.9 Å². The number of para-hydroxylation sites is 1. The first-order chi connectivity index (χ1) is 15.9. The van der Waals surface area contributed by atoms with Crippen molar-refractivity contribution < 1.29 is 9.53 Å². The van der Waals surface area contributed by atoms with Gasteiger partial charge in [0, 0.05) is 22.8 Å². The average Bonchev–Trinajstić information content (AvgIpc) is 3.23. The molecule has 33 heavy (non-hydrogen) atoms. The van der Waals surface area contributed by atoms with Crippen LogP contribution in [0.3, 0.4) is 0 Å². The highest BCUT2D eigenvalue weighted by Gasteiger charge is 2.22. The van der Waals surface area contributed by atoms with Crippen LogP contribution in [0.5, 0.6) is 5.75 Å². The van der Waals surface area contributed by atoms with Gasteiger partial charge in [0.1, 0.15) is 5.75 Å². The molecular weight excluding hydrogens is 436 g/mol. The van der Waals surface area contributed by atoms with Gasteiger partial charge in [-0.3, -0.25) is 4.79 Å². The number of nitrogens with zero attached hydrogens (tertiary/aromatic N) is 5. The van der Waals surface area contributed by atoms with Crippen molar-refractivity contribution in [1.82, 2.24) is 25.0 Å². The highest BCUT2D eigenvalue weighted by molar-refractivity contribution is 7.98. The molecule has 168 valence electrons. The van der Waals surface area contributed by atoms with Crippen LogP contribution >= 0.6 is 11.8 Å². The first-order valence-corrected chi connectivity index (χ1v) is 11.3. The molecule has 0 aliphatic carbocycles. The zero-order valence-corrected chi connectivity index (χ0v) is 19.7. The summed E-state index contributed by atoms with van der Waals surface area (Å²) in [6.07, 6.45) is 0.